The quantitative estimate of drug-likeness (QED) is 0.411. The normalized spacial score (nSPS) is 29.5. The first-order valence-electron chi connectivity index (χ1n) is 2.79. The van der Waals surface area contributed by atoms with Crippen LogP contribution < -0.4 is 4.90 Å². The molecule has 8 heavy (non-hydrogen) atoms. The van der Waals surface area contributed by atoms with Gasteiger partial charge in [0, 0.05) is 7.05 Å². The van der Waals surface area contributed by atoms with Gasteiger partial charge < -0.3 is 0 Å². The van der Waals surface area contributed by atoms with Gasteiger partial charge in [0.15, 0.2) is 0 Å². The van der Waals surface area contributed by atoms with Crippen LogP contribution in [0.4, 0.5) is 4.79 Å². The van der Waals surface area contributed by atoms with Crippen LogP contribution in [0.3, 0.4) is 0 Å². The summed E-state index contributed by atoms with van der Waals surface area (Å²) in [6.45, 7) is 1.86. The van der Waals surface area contributed by atoms with Crippen molar-refractivity contribution in [2.24, 2.45) is 0 Å². The molecule has 1 heterocycles. The number of hydrogen-bond donors (Lipinski definition) is 1. The highest BCUT2D eigenvalue weighted by Gasteiger charge is 2.26. The predicted octanol–water partition coefficient (Wildman–Crippen LogP) is -1.43. The number of nitrogens with one attached hydrogen (secondary N) is 1. The van der Waals surface area contributed by atoms with Crippen LogP contribution in [-0.2, 0) is 0 Å². The van der Waals surface area contributed by atoms with Crippen LogP contribution in [0.5, 0.6) is 0 Å². The maximum absolute atomic E-state index is 10.8. The van der Waals surface area contributed by atoms with Gasteiger partial charge >= 0.3 is 6.03 Å². The van der Waals surface area contributed by atoms with Gasteiger partial charge in [-0.25, -0.2) is 4.79 Å². The van der Waals surface area contributed by atoms with E-state index in [1.54, 1.807) is 4.90 Å². The third-order valence-electron chi connectivity index (χ3n) is 1.53. The predicted molar refractivity (Wildman–Crippen MR) is 29.8 cm³/mol. The largest absolute Gasteiger partial charge is 0.417 e. The molecule has 0 aromatic heterocycles. The minimum absolute atomic E-state index is 0.213. The molecule has 1 N–H and O–H groups in total. The monoisotopic (exact) mass is 115 g/mol. The summed E-state index contributed by atoms with van der Waals surface area (Å²) in [6, 6.07) is 0.213. The molecule has 0 radical (unpaired) electrons. The number of likely N-dealkylation sites (N-methyl/N-ethyl adjacent to an activating group) is 2. The Morgan fingerprint density at radius 3 is 2.50 bits per heavy atom. The SMILES string of the molecule is CN1CC[NH+](C)C1=O. The molecule has 0 spiro atoms. The minimum Gasteiger partial charge on any atom is -0.290 e. The number of quaternary nitrogens is 1. The number of carbonyl (C=O) groups excluding carboxylic acids is 1. The van der Waals surface area contributed by atoms with Crippen LogP contribution >= 0.6 is 0 Å². The summed E-state index contributed by atoms with van der Waals surface area (Å²) in [6.07, 6.45) is 0. The zero-order valence-corrected chi connectivity index (χ0v) is 5.27. The average molecular weight is 115 g/mol. The smallest absolute Gasteiger partial charge is 0.290 e. The molecule has 0 aromatic rings. The third-order valence-corrected chi connectivity index (χ3v) is 1.53. The molecule has 1 saturated heterocycles. The molecule has 2 amide bonds. The second-order valence-corrected chi connectivity index (χ2v) is 2.26. The molecule has 0 bridgehead atoms. The maximum Gasteiger partial charge on any atom is 0.417 e. The summed E-state index contributed by atoms with van der Waals surface area (Å²) in [4.78, 5) is 13.5. The highest BCUT2D eigenvalue weighted by atomic mass is 16.2. The fourth-order valence-corrected chi connectivity index (χ4v) is 0.870. The van der Waals surface area contributed by atoms with Crippen LogP contribution in [0.1, 0.15) is 0 Å². The van der Waals surface area contributed by atoms with Crippen molar-refractivity contribution in [3.8, 4) is 0 Å². The Hall–Kier alpha value is -0.570. The van der Waals surface area contributed by atoms with Crippen molar-refractivity contribution >= 4 is 6.03 Å². The van der Waals surface area contributed by atoms with Gasteiger partial charge in [0.1, 0.15) is 6.54 Å². The Morgan fingerprint density at radius 1 is 1.75 bits per heavy atom. The number of hydrogen-bond acceptors (Lipinski definition) is 1. The zero-order valence-electron chi connectivity index (χ0n) is 5.27. The summed E-state index contributed by atoms with van der Waals surface area (Å²) in [5, 5.41) is 0. The molecule has 1 aliphatic rings. The molecule has 1 rings (SSSR count). The second-order valence-electron chi connectivity index (χ2n) is 2.26. The summed E-state index contributed by atoms with van der Waals surface area (Å²) >= 11 is 0. The maximum atomic E-state index is 10.8. The molecule has 1 atom stereocenters. The Bertz CT molecular complexity index is 101. The Kier molecular flexibility index (Phi) is 1.21. The Balaban J connectivity index is 2.57. The summed E-state index contributed by atoms with van der Waals surface area (Å²) in [5.41, 5.74) is 0. The van der Waals surface area contributed by atoms with Gasteiger partial charge in [-0.1, -0.05) is 0 Å². The third kappa shape index (κ3) is 0.690. The molecule has 3 nitrogen and oxygen atoms in total. The van der Waals surface area contributed by atoms with E-state index < -0.39 is 0 Å². The lowest BCUT2D eigenvalue weighted by Gasteiger charge is -2.01. The molecule has 46 valence electrons. The van der Waals surface area contributed by atoms with Crippen LogP contribution in [0.25, 0.3) is 0 Å². The van der Waals surface area contributed by atoms with Gasteiger partial charge in [0.25, 0.3) is 0 Å². The molecule has 1 fully saturated rings. The van der Waals surface area contributed by atoms with Crippen LogP contribution in [0.2, 0.25) is 0 Å². The van der Waals surface area contributed by atoms with Crippen molar-refractivity contribution in [2.75, 3.05) is 27.2 Å². The highest BCUT2D eigenvalue weighted by molar-refractivity contribution is 5.65. The first-order valence-corrected chi connectivity index (χ1v) is 2.79. The zero-order chi connectivity index (χ0) is 6.15. The molecule has 0 saturated carbocycles. The van der Waals surface area contributed by atoms with Crippen LogP contribution in [-0.4, -0.2) is 38.1 Å². The molecule has 1 aliphatic heterocycles. The van der Waals surface area contributed by atoms with E-state index in [0.717, 1.165) is 18.0 Å². The van der Waals surface area contributed by atoms with Crippen molar-refractivity contribution in [3.63, 3.8) is 0 Å². The van der Waals surface area contributed by atoms with Crippen molar-refractivity contribution in [1.29, 1.82) is 0 Å². The van der Waals surface area contributed by atoms with Crippen molar-refractivity contribution in [1.82, 2.24) is 4.90 Å². The fraction of sp³-hybridized carbons (Fsp3) is 0.800. The number of urea groups is 1. The standard InChI is InChI=1S/C5H10N2O/c1-6-3-4-7(2)5(6)8/h3-4H2,1-2H3/p+1. The van der Waals surface area contributed by atoms with Gasteiger partial charge in [0.05, 0.1) is 13.6 Å². The molecular weight excluding hydrogens is 104 g/mol. The molecule has 3 heteroatoms. The van der Waals surface area contributed by atoms with Crippen LogP contribution in [0, 0.1) is 0 Å². The van der Waals surface area contributed by atoms with Crippen molar-refractivity contribution in [3.05, 3.63) is 0 Å². The van der Waals surface area contributed by atoms with E-state index in [1.807, 2.05) is 14.1 Å². The second kappa shape index (κ2) is 1.74. The van der Waals surface area contributed by atoms with E-state index in [4.69, 9.17) is 0 Å². The van der Waals surface area contributed by atoms with Gasteiger partial charge in [-0.2, -0.15) is 0 Å². The fourth-order valence-electron chi connectivity index (χ4n) is 0.870. The van der Waals surface area contributed by atoms with Gasteiger partial charge in [0.2, 0.25) is 0 Å². The van der Waals surface area contributed by atoms with Crippen molar-refractivity contribution in [2.45, 2.75) is 0 Å². The first-order chi connectivity index (χ1) is 3.72. The number of amides is 2. The number of nitrogens with zero attached hydrogens (tertiary/aromatic N) is 1. The summed E-state index contributed by atoms with van der Waals surface area (Å²) in [5.74, 6) is 0. The average Bonchev–Trinajstić information content (AvgIpc) is 1.98. The molecule has 0 aromatic carbocycles. The van der Waals surface area contributed by atoms with E-state index in [0.29, 0.717) is 0 Å². The van der Waals surface area contributed by atoms with E-state index in [2.05, 4.69) is 0 Å². The van der Waals surface area contributed by atoms with Crippen molar-refractivity contribution < 1.29 is 9.69 Å². The molecular formula is C5H11N2O+. The van der Waals surface area contributed by atoms with E-state index in [9.17, 15) is 4.79 Å². The van der Waals surface area contributed by atoms with E-state index in [1.165, 1.54) is 0 Å². The summed E-state index contributed by atoms with van der Waals surface area (Å²) < 4.78 is 0. The molecule has 0 aliphatic carbocycles. The number of carbonyl (C=O) groups is 1. The number of rotatable bonds is 0. The minimum atomic E-state index is 0.213. The lowest BCUT2D eigenvalue weighted by atomic mass is 10.6. The highest BCUT2D eigenvalue weighted by Crippen LogP contribution is 1.82. The van der Waals surface area contributed by atoms with E-state index >= 15 is 0 Å². The van der Waals surface area contributed by atoms with Gasteiger partial charge in [-0.05, 0) is 0 Å². The summed E-state index contributed by atoms with van der Waals surface area (Å²) in [7, 11) is 3.73. The topological polar surface area (TPSA) is 24.8 Å². The lowest BCUT2D eigenvalue weighted by Crippen LogP contribution is -3.10. The van der Waals surface area contributed by atoms with Crippen LogP contribution in [0.15, 0.2) is 0 Å². The van der Waals surface area contributed by atoms with Gasteiger partial charge in [-0.3, -0.25) is 9.80 Å². The van der Waals surface area contributed by atoms with Gasteiger partial charge in [-0.15, -0.1) is 0 Å². The first kappa shape index (κ1) is 5.56. The Morgan fingerprint density at radius 2 is 2.38 bits per heavy atom. The Labute approximate surface area is 48.9 Å². The molecule has 1 unspecified atom stereocenters. The van der Waals surface area contributed by atoms with E-state index in [-0.39, 0.29) is 6.03 Å². The lowest BCUT2D eigenvalue weighted by molar-refractivity contribution is -0.782.